The van der Waals surface area contributed by atoms with E-state index in [0.29, 0.717) is 10.6 Å². The van der Waals surface area contributed by atoms with Gasteiger partial charge in [0.1, 0.15) is 0 Å². The molecule has 0 heterocycles. The van der Waals surface area contributed by atoms with Crippen molar-refractivity contribution in [3.8, 4) is 0 Å². The van der Waals surface area contributed by atoms with E-state index in [2.05, 4.69) is 17.5 Å². The Morgan fingerprint density at radius 3 is 2.38 bits per heavy atom. The second-order valence-corrected chi connectivity index (χ2v) is 8.50. The fourth-order valence-electron chi connectivity index (χ4n) is 5.85. The number of carbonyl (C=O) groups excluding carboxylic acids is 1. The van der Waals surface area contributed by atoms with Crippen LogP contribution in [0.5, 0.6) is 0 Å². The van der Waals surface area contributed by atoms with E-state index in [1.807, 2.05) is 0 Å². The molecule has 1 aromatic carbocycles. The van der Waals surface area contributed by atoms with Crippen LogP contribution in [-0.2, 0) is 0 Å². The van der Waals surface area contributed by atoms with E-state index in [4.69, 9.17) is 11.6 Å². The molecule has 4 bridgehead atoms. The monoisotopic (exact) mass is 344 g/mol. The SMILES string of the molecule is CCC(=NNC(=O)c1cccc(Cl)c1)C12CC3CC(CC(C3)C1)C2. The Kier molecular flexibility index (Phi) is 4.16. The minimum atomic E-state index is -0.173. The lowest BCUT2D eigenvalue weighted by Crippen LogP contribution is -2.50. The number of hydrogen-bond donors (Lipinski definition) is 1. The molecule has 24 heavy (non-hydrogen) atoms. The molecule has 0 atom stereocenters. The zero-order chi connectivity index (χ0) is 16.7. The highest BCUT2D eigenvalue weighted by atomic mass is 35.5. The largest absolute Gasteiger partial charge is 0.271 e. The molecular formula is C20H25ClN2O. The van der Waals surface area contributed by atoms with Crippen LogP contribution < -0.4 is 5.43 Å². The minimum Gasteiger partial charge on any atom is -0.267 e. The lowest BCUT2D eigenvalue weighted by Gasteiger charge is -2.57. The molecule has 1 amide bonds. The van der Waals surface area contributed by atoms with Gasteiger partial charge in [-0.05, 0) is 80.9 Å². The number of hydrazone groups is 1. The number of halogens is 1. The van der Waals surface area contributed by atoms with Crippen molar-refractivity contribution >= 4 is 23.2 Å². The van der Waals surface area contributed by atoms with E-state index < -0.39 is 0 Å². The molecular weight excluding hydrogens is 320 g/mol. The van der Waals surface area contributed by atoms with E-state index in [1.54, 1.807) is 24.3 Å². The van der Waals surface area contributed by atoms with E-state index in [9.17, 15) is 4.79 Å². The van der Waals surface area contributed by atoms with Crippen molar-refractivity contribution in [3.63, 3.8) is 0 Å². The highest BCUT2D eigenvalue weighted by molar-refractivity contribution is 6.30. The molecule has 0 aliphatic heterocycles. The molecule has 4 aliphatic rings. The van der Waals surface area contributed by atoms with Gasteiger partial charge in [0, 0.05) is 21.7 Å². The maximum atomic E-state index is 12.4. The van der Waals surface area contributed by atoms with Crippen LogP contribution in [0.1, 0.15) is 62.2 Å². The highest BCUT2D eigenvalue weighted by Crippen LogP contribution is 2.60. The number of benzene rings is 1. The first-order chi connectivity index (χ1) is 11.6. The van der Waals surface area contributed by atoms with Gasteiger partial charge in [-0.3, -0.25) is 4.79 Å². The fourth-order valence-corrected chi connectivity index (χ4v) is 6.04. The zero-order valence-electron chi connectivity index (χ0n) is 14.2. The first-order valence-corrected chi connectivity index (χ1v) is 9.59. The summed E-state index contributed by atoms with van der Waals surface area (Å²) in [6.45, 7) is 2.17. The third-order valence-electron chi connectivity index (χ3n) is 6.36. The second kappa shape index (κ2) is 6.18. The summed E-state index contributed by atoms with van der Waals surface area (Å²) < 4.78 is 0. The second-order valence-electron chi connectivity index (χ2n) is 8.06. The smallest absolute Gasteiger partial charge is 0.267 e. The molecule has 5 rings (SSSR count). The first-order valence-electron chi connectivity index (χ1n) is 9.21. The molecule has 4 aliphatic carbocycles. The van der Waals surface area contributed by atoms with Crippen LogP contribution >= 0.6 is 11.6 Å². The standard InChI is InChI=1S/C20H25ClN2O/c1-2-18(22-23-19(24)16-4-3-5-17(21)9-16)20-10-13-6-14(11-20)8-15(7-13)12-20/h3-5,9,13-15H,2,6-8,10-12H2,1H3,(H,23,24). The Morgan fingerprint density at radius 1 is 1.21 bits per heavy atom. The maximum Gasteiger partial charge on any atom is 0.271 e. The van der Waals surface area contributed by atoms with Gasteiger partial charge in [0.15, 0.2) is 0 Å². The highest BCUT2D eigenvalue weighted by Gasteiger charge is 2.52. The van der Waals surface area contributed by atoms with Gasteiger partial charge < -0.3 is 0 Å². The predicted octanol–water partition coefficient (Wildman–Crippen LogP) is 5.05. The van der Waals surface area contributed by atoms with Gasteiger partial charge in [-0.2, -0.15) is 5.10 Å². The van der Waals surface area contributed by atoms with E-state index >= 15 is 0 Å². The van der Waals surface area contributed by atoms with Gasteiger partial charge in [0.25, 0.3) is 5.91 Å². The molecule has 0 radical (unpaired) electrons. The Morgan fingerprint density at radius 2 is 1.83 bits per heavy atom. The van der Waals surface area contributed by atoms with Crippen LogP contribution in [0.2, 0.25) is 5.02 Å². The molecule has 1 aromatic rings. The molecule has 0 saturated heterocycles. The predicted molar refractivity (Wildman–Crippen MR) is 97.2 cm³/mol. The molecule has 128 valence electrons. The van der Waals surface area contributed by atoms with Gasteiger partial charge in [-0.15, -0.1) is 0 Å². The number of nitrogens with zero attached hydrogens (tertiary/aromatic N) is 1. The maximum absolute atomic E-state index is 12.4. The van der Waals surface area contributed by atoms with E-state index in [-0.39, 0.29) is 11.3 Å². The number of nitrogens with one attached hydrogen (secondary N) is 1. The third-order valence-corrected chi connectivity index (χ3v) is 6.60. The first kappa shape index (κ1) is 16.1. The average molecular weight is 345 g/mol. The van der Waals surface area contributed by atoms with Crippen molar-refractivity contribution in [2.45, 2.75) is 51.9 Å². The van der Waals surface area contributed by atoms with E-state index in [0.717, 1.165) is 24.2 Å². The Bertz CT molecular complexity index is 647. The number of carbonyl (C=O) groups is 1. The molecule has 1 N–H and O–H groups in total. The quantitative estimate of drug-likeness (QED) is 0.602. The topological polar surface area (TPSA) is 41.5 Å². The lowest BCUT2D eigenvalue weighted by molar-refractivity contribution is -0.0134. The van der Waals surface area contributed by atoms with Crippen molar-refractivity contribution in [3.05, 3.63) is 34.9 Å². The number of rotatable bonds is 4. The van der Waals surface area contributed by atoms with Gasteiger partial charge in [0.05, 0.1) is 0 Å². The molecule has 4 heteroatoms. The molecule has 0 unspecified atom stereocenters. The normalized spacial score (nSPS) is 34.4. The summed E-state index contributed by atoms with van der Waals surface area (Å²) in [4.78, 5) is 12.4. The lowest BCUT2D eigenvalue weighted by atomic mass is 9.48. The van der Waals surface area contributed by atoms with Crippen LogP contribution in [0.25, 0.3) is 0 Å². The van der Waals surface area contributed by atoms with Crippen molar-refractivity contribution < 1.29 is 4.79 Å². The minimum absolute atomic E-state index is 0.173. The summed E-state index contributed by atoms with van der Waals surface area (Å²) >= 11 is 5.97. The van der Waals surface area contributed by atoms with Crippen LogP contribution in [0, 0.1) is 23.2 Å². The summed E-state index contributed by atoms with van der Waals surface area (Å²) in [7, 11) is 0. The van der Waals surface area contributed by atoms with Crippen LogP contribution in [0.4, 0.5) is 0 Å². The van der Waals surface area contributed by atoms with Crippen molar-refractivity contribution in [2.75, 3.05) is 0 Å². The van der Waals surface area contributed by atoms with Crippen molar-refractivity contribution in [2.24, 2.45) is 28.3 Å². The van der Waals surface area contributed by atoms with Crippen LogP contribution in [0.3, 0.4) is 0 Å². The molecule has 3 nitrogen and oxygen atoms in total. The summed E-state index contributed by atoms with van der Waals surface area (Å²) in [5, 5.41) is 5.18. The molecule has 4 saturated carbocycles. The van der Waals surface area contributed by atoms with Gasteiger partial charge >= 0.3 is 0 Å². The number of amides is 1. The average Bonchev–Trinajstić information content (AvgIpc) is 2.53. The van der Waals surface area contributed by atoms with Crippen LogP contribution in [0.15, 0.2) is 29.4 Å². The third kappa shape index (κ3) is 2.88. The number of hydrogen-bond acceptors (Lipinski definition) is 2. The molecule has 4 fully saturated rings. The zero-order valence-corrected chi connectivity index (χ0v) is 15.0. The summed E-state index contributed by atoms with van der Waals surface area (Å²) in [6, 6.07) is 7.02. The van der Waals surface area contributed by atoms with Gasteiger partial charge in [-0.1, -0.05) is 24.6 Å². The molecule has 0 spiro atoms. The summed E-state index contributed by atoms with van der Waals surface area (Å²) in [6.07, 6.45) is 9.01. The Labute approximate surface area is 148 Å². The summed E-state index contributed by atoms with van der Waals surface area (Å²) in [5.41, 5.74) is 4.82. The Balaban J connectivity index is 1.53. The Hall–Kier alpha value is -1.35. The van der Waals surface area contributed by atoms with Crippen molar-refractivity contribution in [1.29, 1.82) is 0 Å². The van der Waals surface area contributed by atoms with E-state index in [1.165, 1.54) is 44.2 Å². The fraction of sp³-hybridized carbons (Fsp3) is 0.600. The van der Waals surface area contributed by atoms with Crippen molar-refractivity contribution in [1.82, 2.24) is 5.43 Å². The summed E-state index contributed by atoms with van der Waals surface area (Å²) in [5.74, 6) is 2.48. The van der Waals surface area contributed by atoms with Gasteiger partial charge in [0.2, 0.25) is 0 Å². The van der Waals surface area contributed by atoms with Crippen LogP contribution in [-0.4, -0.2) is 11.6 Å². The van der Waals surface area contributed by atoms with Gasteiger partial charge in [-0.25, -0.2) is 5.43 Å². The molecule has 0 aromatic heterocycles.